The average Bonchev–Trinajstić information content (AvgIpc) is 3.44. The van der Waals surface area contributed by atoms with Gasteiger partial charge in [0.25, 0.3) is 11.5 Å². The molecule has 0 radical (unpaired) electrons. The topological polar surface area (TPSA) is 122 Å². The molecule has 1 aliphatic rings. The molecule has 1 amide bonds. The molecule has 1 aromatic carbocycles. The standard InChI is InChI=1S/C32H26F6N8O2/c1-5-19-6-7-20(12-24(19)31(33,34)35)28(47)44-16-26-23(10-17(44)2)29(48)45(22-8-9-25(41-15-22)21(13-39)14-40-4)30(42-26)46-18(3)11-27(43-46)32(36,37)38/h1,6-9,11-15,17,39-40H,10,16H2,2-4H3/b21-14+,39-13?/t17-/m1/s1. The van der Waals surface area contributed by atoms with Crippen LogP contribution in [0, 0.1) is 24.7 Å². The number of hydrogen-bond acceptors (Lipinski definition) is 7. The van der Waals surface area contributed by atoms with Crippen molar-refractivity contribution in [3.8, 4) is 24.0 Å². The number of nitrogens with zero attached hydrogens (tertiary/aromatic N) is 6. The second kappa shape index (κ2) is 12.5. The number of rotatable bonds is 6. The molecule has 16 heteroatoms. The number of carbonyl (C=O) groups excluding carboxylic acids is 1. The molecule has 0 saturated carbocycles. The Morgan fingerprint density at radius 3 is 2.42 bits per heavy atom. The van der Waals surface area contributed by atoms with Crippen molar-refractivity contribution < 1.29 is 31.1 Å². The van der Waals surface area contributed by atoms with Crippen LogP contribution in [0.15, 0.2) is 53.6 Å². The van der Waals surface area contributed by atoms with Crippen molar-refractivity contribution in [2.24, 2.45) is 0 Å². The quantitative estimate of drug-likeness (QED) is 0.171. The Balaban J connectivity index is 1.65. The van der Waals surface area contributed by atoms with E-state index in [-0.39, 0.29) is 47.1 Å². The lowest BCUT2D eigenvalue weighted by atomic mass is 9.97. The van der Waals surface area contributed by atoms with Crippen molar-refractivity contribution in [2.75, 3.05) is 7.05 Å². The van der Waals surface area contributed by atoms with Gasteiger partial charge >= 0.3 is 12.4 Å². The van der Waals surface area contributed by atoms with Gasteiger partial charge in [-0.05, 0) is 56.7 Å². The zero-order valence-electron chi connectivity index (χ0n) is 25.5. The number of halogens is 6. The summed E-state index contributed by atoms with van der Waals surface area (Å²) in [7, 11) is 1.63. The van der Waals surface area contributed by atoms with Crippen LogP contribution < -0.4 is 10.9 Å². The number of amides is 1. The number of carbonyl (C=O) groups is 1. The zero-order chi connectivity index (χ0) is 35.1. The maximum absolute atomic E-state index is 14.1. The highest BCUT2D eigenvalue weighted by Crippen LogP contribution is 2.34. The first kappa shape index (κ1) is 33.6. The van der Waals surface area contributed by atoms with E-state index in [1.165, 1.54) is 42.4 Å². The Hall–Kier alpha value is -5.72. The molecule has 0 spiro atoms. The SMILES string of the molecule is C#Cc1ccc(C(=O)N2Cc3nc(-n4nc(C(F)(F)F)cc4C)n(-c4ccc(/C(C=N)=C/NC)nc4)c(=O)c3C[C@H]2C)cc1C(F)(F)F. The number of pyridine rings is 1. The molecule has 0 bridgehead atoms. The van der Waals surface area contributed by atoms with E-state index in [0.29, 0.717) is 17.3 Å². The molecule has 5 rings (SSSR count). The number of benzene rings is 1. The van der Waals surface area contributed by atoms with Crippen LogP contribution in [0.2, 0.25) is 0 Å². The van der Waals surface area contributed by atoms with Gasteiger partial charge in [0, 0.05) is 53.5 Å². The van der Waals surface area contributed by atoms with Gasteiger partial charge in [-0.15, -0.1) is 6.42 Å². The van der Waals surface area contributed by atoms with E-state index in [2.05, 4.69) is 20.4 Å². The fourth-order valence-corrected chi connectivity index (χ4v) is 5.35. The van der Waals surface area contributed by atoms with Gasteiger partial charge in [-0.2, -0.15) is 31.4 Å². The summed E-state index contributed by atoms with van der Waals surface area (Å²) in [6, 6.07) is 5.94. The highest BCUT2D eigenvalue weighted by molar-refractivity contribution is 6.07. The van der Waals surface area contributed by atoms with Crippen LogP contribution in [-0.4, -0.2) is 54.4 Å². The predicted molar refractivity (Wildman–Crippen MR) is 163 cm³/mol. The van der Waals surface area contributed by atoms with Crippen LogP contribution in [0.1, 0.15) is 56.7 Å². The molecule has 0 fully saturated rings. The first-order valence-corrected chi connectivity index (χ1v) is 14.2. The number of fused-ring (bicyclic) bond motifs is 1. The number of nitrogens with one attached hydrogen (secondary N) is 2. The second-order valence-electron chi connectivity index (χ2n) is 10.9. The van der Waals surface area contributed by atoms with Gasteiger partial charge < -0.3 is 15.6 Å². The van der Waals surface area contributed by atoms with Gasteiger partial charge in [-0.25, -0.2) is 14.2 Å². The van der Waals surface area contributed by atoms with Crippen molar-refractivity contribution in [1.29, 1.82) is 5.41 Å². The van der Waals surface area contributed by atoms with Crippen LogP contribution in [0.5, 0.6) is 0 Å². The van der Waals surface area contributed by atoms with Gasteiger partial charge in [-0.1, -0.05) is 5.92 Å². The summed E-state index contributed by atoms with van der Waals surface area (Å²) in [5.41, 5.74) is -2.73. The van der Waals surface area contributed by atoms with Crippen molar-refractivity contribution in [2.45, 2.75) is 45.2 Å². The Morgan fingerprint density at radius 1 is 1.12 bits per heavy atom. The van der Waals surface area contributed by atoms with Crippen LogP contribution in [0.3, 0.4) is 0 Å². The number of terminal acetylenes is 1. The molecule has 0 unspecified atom stereocenters. The minimum absolute atomic E-state index is 0.0130. The van der Waals surface area contributed by atoms with Gasteiger partial charge in [0.1, 0.15) is 0 Å². The number of alkyl halides is 6. The predicted octanol–water partition coefficient (Wildman–Crippen LogP) is 4.94. The number of aromatic nitrogens is 5. The Kier molecular flexibility index (Phi) is 8.74. The Labute approximate surface area is 269 Å². The summed E-state index contributed by atoms with van der Waals surface area (Å²) < 4.78 is 83.9. The third kappa shape index (κ3) is 6.18. The smallest absolute Gasteiger partial charge is 0.393 e. The third-order valence-corrected chi connectivity index (χ3v) is 7.71. The summed E-state index contributed by atoms with van der Waals surface area (Å²) in [5, 5.41) is 14.1. The molecule has 2 N–H and O–H groups in total. The van der Waals surface area contributed by atoms with Crippen molar-refractivity contribution in [3.05, 3.63) is 104 Å². The minimum atomic E-state index is -4.83. The number of hydrogen-bond donors (Lipinski definition) is 2. The van der Waals surface area contributed by atoms with E-state index in [1.54, 1.807) is 14.0 Å². The summed E-state index contributed by atoms with van der Waals surface area (Å²) >= 11 is 0. The first-order chi connectivity index (χ1) is 22.6. The van der Waals surface area contributed by atoms with E-state index >= 15 is 0 Å². The van der Waals surface area contributed by atoms with Crippen LogP contribution >= 0.6 is 0 Å². The second-order valence-corrected chi connectivity index (χ2v) is 10.9. The molecular weight excluding hydrogens is 642 g/mol. The van der Waals surface area contributed by atoms with E-state index in [4.69, 9.17) is 11.8 Å². The molecule has 1 atom stereocenters. The molecule has 4 heterocycles. The van der Waals surface area contributed by atoms with E-state index in [9.17, 15) is 35.9 Å². The van der Waals surface area contributed by atoms with Crippen LogP contribution in [0.4, 0.5) is 26.3 Å². The van der Waals surface area contributed by atoms with E-state index < -0.39 is 46.7 Å². The minimum Gasteiger partial charge on any atom is -0.393 e. The molecule has 48 heavy (non-hydrogen) atoms. The number of allylic oxidation sites excluding steroid dienone is 1. The Bertz CT molecular complexity index is 2050. The summed E-state index contributed by atoms with van der Waals surface area (Å²) in [6.07, 6.45) is -0.599. The summed E-state index contributed by atoms with van der Waals surface area (Å²) in [6.45, 7) is 2.61. The largest absolute Gasteiger partial charge is 0.435 e. The lowest BCUT2D eigenvalue weighted by Crippen LogP contribution is -2.46. The first-order valence-electron chi connectivity index (χ1n) is 14.2. The molecule has 4 aromatic rings. The molecule has 0 saturated heterocycles. The fourth-order valence-electron chi connectivity index (χ4n) is 5.35. The summed E-state index contributed by atoms with van der Waals surface area (Å²) in [5.74, 6) is 0.833. The molecule has 248 valence electrons. The lowest BCUT2D eigenvalue weighted by Gasteiger charge is -2.34. The molecule has 10 nitrogen and oxygen atoms in total. The van der Waals surface area contributed by atoms with Gasteiger partial charge in [0.2, 0.25) is 5.95 Å². The van der Waals surface area contributed by atoms with Crippen LogP contribution in [0.25, 0.3) is 17.2 Å². The zero-order valence-corrected chi connectivity index (χ0v) is 25.5. The highest BCUT2D eigenvalue weighted by atomic mass is 19.4. The van der Waals surface area contributed by atoms with Gasteiger partial charge in [0.05, 0.1) is 35.4 Å². The van der Waals surface area contributed by atoms with E-state index in [1.807, 2.05) is 5.92 Å². The van der Waals surface area contributed by atoms with Gasteiger partial charge in [-0.3, -0.25) is 14.6 Å². The maximum Gasteiger partial charge on any atom is 0.435 e. The Morgan fingerprint density at radius 2 is 1.85 bits per heavy atom. The van der Waals surface area contributed by atoms with Crippen molar-refractivity contribution in [3.63, 3.8) is 0 Å². The highest BCUT2D eigenvalue weighted by Gasteiger charge is 2.38. The normalized spacial score (nSPS) is 15.1. The molecule has 0 aliphatic carbocycles. The monoisotopic (exact) mass is 668 g/mol. The van der Waals surface area contributed by atoms with Crippen LogP contribution in [-0.2, 0) is 25.3 Å². The van der Waals surface area contributed by atoms with E-state index in [0.717, 1.165) is 27.6 Å². The van der Waals surface area contributed by atoms with Crippen molar-refractivity contribution in [1.82, 2.24) is 34.5 Å². The molecule has 1 aliphatic heterocycles. The third-order valence-electron chi connectivity index (χ3n) is 7.71. The average molecular weight is 669 g/mol. The molecular formula is C32H26F6N8O2. The van der Waals surface area contributed by atoms with Gasteiger partial charge in [0.15, 0.2) is 5.69 Å². The maximum atomic E-state index is 14.1. The lowest BCUT2D eigenvalue weighted by molar-refractivity contribution is -0.141. The summed E-state index contributed by atoms with van der Waals surface area (Å²) in [4.78, 5) is 37.8. The fraction of sp³-hybridized carbons (Fsp3) is 0.250. The number of aryl methyl sites for hydroxylation is 1. The van der Waals surface area contributed by atoms with Crippen molar-refractivity contribution >= 4 is 17.7 Å². The molecule has 3 aromatic heterocycles.